The summed E-state index contributed by atoms with van der Waals surface area (Å²) >= 11 is 0. The van der Waals surface area contributed by atoms with Crippen molar-refractivity contribution in [2.45, 2.75) is 26.8 Å². The number of aromatic nitrogens is 3. The third-order valence-electron chi connectivity index (χ3n) is 8.01. The molecule has 0 spiro atoms. The molecule has 0 atom stereocenters. The van der Waals surface area contributed by atoms with Crippen molar-refractivity contribution in [1.82, 2.24) is 24.3 Å². The number of rotatable bonds is 8. The fraction of sp³-hybridized carbons (Fsp3) is 0.303. The van der Waals surface area contributed by atoms with Gasteiger partial charge in [-0.05, 0) is 73.5 Å². The number of ketones is 1. The van der Waals surface area contributed by atoms with Crippen molar-refractivity contribution in [3.8, 4) is 23.0 Å². The van der Waals surface area contributed by atoms with Gasteiger partial charge in [-0.3, -0.25) is 9.69 Å². The van der Waals surface area contributed by atoms with Crippen molar-refractivity contribution in [1.29, 1.82) is 0 Å². The molecular weight excluding hydrogens is 514 g/mol. The Labute approximate surface area is 240 Å². The maximum absolute atomic E-state index is 13.4. The highest BCUT2D eigenvalue weighted by Crippen LogP contribution is 2.32. The van der Waals surface area contributed by atoms with E-state index in [-0.39, 0.29) is 5.78 Å². The lowest BCUT2D eigenvalue weighted by atomic mass is 9.96. The molecule has 0 aliphatic carbocycles. The van der Waals surface area contributed by atoms with Crippen molar-refractivity contribution in [3.63, 3.8) is 0 Å². The Hall–Kier alpha value is -4.27. The molecule has 8 heteroatoms. The molecule has 6 rings (SSSR count). The lowest BCUT2D eigenvalue weighted by Gasteiger charge is -2.32. The van der Waals surface area contributed by atoms with E-state index in [0.29, 0.717) is 23.9 Å². The van der Waals surface area contributed by atoms with Gasteiger partial charge in [0, 0.05) is 58.0 Å². The minimum atomic E-state index is 0.0913. The molecule has 1 aliphatic heterocycles. The van der Waals surface area contributed by atoms with Crippen LogP contribution in [0.4, 0.5) is 0 Å². The third-order valence-corrected chi connectivity index (χ3v) is 8.01. The van der Waals surface area contributed by atoms with E-state index in [1.807, 2.05) is 67.2 Å². The minimum absolute atomic E-state index is 0.0913. The average molecular weight is 550 g/mol. The Bertz CT molecular complexity index is 1700. The summed E-state index contributed by atoms with van der Waals surface area (Å²) in [5.41, 5.74) is 7.50. The van der Waals surface area contributed by atoms with E-state index in [2.05, 4.69) is 34.8 Å². The van der Waals surface area contributed by atoms with Gasteiger partial charge in [0.25, 0.3) is 0 Å². The highest BCUT2D eigenvalue weighted by molar-refractivity contribution is 5.98. The van der Waals surface area contributed by atoms with Crippen LogP contribution in [0.15, 0.2) is 71.7 Å². The number of furan rings is 1. The van der Waals surface area contributed by atoms with Gasteiger partial charge in [0.05, 0.1) is 17.3 Å². The first-order chi connectivity index (χ1) is 19.8. The maximum Gasteiger partial charge on any atom is 0.247 e. The predicted molar refractivity (Wildman–Crippen MR) is 159 cm³/mol. The van der Waals surface area contributed by atoms with E-state index in [1.54, 1.807) is 12.5 Å². The number of nitrogens with zero attached hydrogens (tertiary/aromatic N) is 5. The van der Waals surface area contributed by atoms with Gasteiger partial charge in [-0.2, -0.15) is 4.98 Å². The number of Topliss-reactive ketones (excluding diaryl/α,β-unsaturated/α-hetero) is 1. The first-order valence-corrected chi connectivity index (χ1v) is 14.0. The van der Waals surface area contributed by atoms with Crippen LogP contribution in [-0.2, 0) is 20.0 Å². The smallest absolute Gasteiger partial charge is 0.247 e. The molecule has 3 aromatic heterocycles. The number of benzene rings is 2. The van der Waals surface area contributed by atoms with Gasteiger partial charge in [0.1, 0.15) is 17.5 Å². The number of hydrogen-bond acceptors (Lipinski definition) is 7. The summed E-state index contributed by atoms with van der Waals surface area (Å²) in [6.07, 6.45) is 5.44. The van der Waals surface area contributed by atoms with Crippen LogP contribution in [0.25, 0.3) is 22.4 Å². The Balaban J connectivity index is 1.21. The molecule has 0 radical (unpaired) electrons. The fourth-order valence-electron chi connectivity index (χ4n) is 5.33. The van der Waals surface area contributed by atoms with E-state index in [1.165, 1.54) is 5.56 Å². The van der Waals surface area contributed by atoms with Crippen molar-refractivity contribution < 1.29 is 13.9 Å². The topological polar surface area (TPSA) is 76.6 Å². The monoisotopic (exact) mass is 549 g/mol. The predicted octanol–water partition coefficient (Wildman–Crippen LogP) is 5.81. The van der Waals surface area contributed by atoms with Crippen LogP contribution < -0.4 is 4.74 Å². The molecule has 41 heavy (non-hydrogen) atoms. The van der Waals surface area contributed by atoms with Crippen LogP contribution in [0.5, 0.6) is 11.6 Å². The number of fused-ring (bicyclic) bond motifs is 1. The Morgan fingerprint density at radius 1 is 0.927 bits per heavy atom. The zero-order chi connectivity index (χ0) is 28.5. The zero-order valence-corrected chi connectivity index (χ0v) is 24.1. The maximum atomic E-state index is 13.4. The summed E-state index contributed by atoms with van der Waals surface area (Å²) in [5, 5.41) is 0. The molecule has 1 aliphatic rings. The minimum Gasteiger partial charge on any atom is -0.472 e. The Morgan fingerprint density at radius 3 is 2.51 bits per heavy atom. The quantitative estimate of drug-likeness (QED) is 0.226. The second-order valence-electron chi connectivity index (χ2n) is 11.0. The fourth-order valence-corrected chi connectivity index (χ4v) is 5.33. The lowest BCUT2D eigenvalue weighted by Crippen LogP contribution is -2.43. The number of carbonyl (C=O) groups excluding carboxylic acids is 1. The van der Waals surface area contributed by atoms with Crippen LogP contribution in [0.2, 0.25) is 0 Å². The molecule has 0 bridgehead atoms. The van der Waals surface area contributed by atoms with Gasteiger partial charge in [-0.25, -0.2) is 4.98 Å². The number of ether oxygens (including phenoxy) is 1. The molecule has 2 aromatic carbocycles. The lowest BCUT2D eigenvalue weighted by molar-refractivity contribution is 0.0992. The number of carbonyl (C=O) groups is 1. The van der Waals surface area contributed by atoms with E-state index in [9.17, 15) is 4.79 Å². The van der Waals surface area contributed by atoms with E-state index in [0.717, 1.165) is 71.6 Å². The molecule has 5 aromatic rings. The first-order valence-electron chi connectivity index (χ1n) is 14.0. The first kappa shape index (κ1) is 26.9. The van der Waals surface area contributed by atoms with E-state index >= 15 is 0 Å². The summed E-state index contributed by atoms with van der Waals surface area (Å²) in [6.45, 7) is 9.38. The third kappa shape index (κ3) is 5.80. The number of piperazine rings is 1. The average Bonchev–Trinajstić information content (AvgIpc) is 3.63. The Morgan fingerprint density at radius 2 is 1.76 bits per heavy atom. The highest BCUT2D eigenvalue weighted by atomic mass is 16.5. The van der Waals surface area contributed by atoms with Gasteiger partial charge in [0.2, 0.25) is 5.88 Å². The largest absolute Gasteiger partial charge is 0.472 e. The molecular formula is C33H35N5O3. The van der Waals surface area contributed by atoms with Crippen LogP contribution in [0.1, 0.15) is 32.6 Å². The van der Waals surface area contributed by atoms with Crippen molar-refractivity contribution >= 4 is 16.8 Å². The van der Waals surface area contributed by atoms with Gasteiger partial charge in [-0.1, -0.05) is 18.2 Å². The normalized spacial score (nSPS) is 14.5. The molecule has 210 valence electrons. The van der Waals surface area contributed by atoms with Crippen LogP contribution in [0, 0.1) is 13.8 Å². The van der Waals surface area contributed by atoms with Crippen molar-refractivity contribution in [2.75, 3.05) is 33.2 Å². The van der Waals surface area contributed by atoms with E-state index < -0.39 is 0 Å². The summed E-state index contributed by atoms with van der Waals surface area (Å²) in [4.78, 5) is 27.6. The van der Waals surface area contributed by atoms with Crippen LogP contribution in [-0.4, -0.2) is 63.3 Å². The SMILES string of the molecule is Cc1ccc(Oc2nc(-c3ccoc3)nc3ccn(C)c23)cc1CC(=O)c1ccc(CN2CCN(C)CC2)c(C)c1. The molecule has 0 saturated carbocycles. The summed E-state index contributed by atoms with van der Waals surface area (Å²) in [5.74, 6) is 1.69. The molecule has 4 heterocycles. The number of likely N-dealkylation sites (N-methyl/N-ethyl adjacent to an activating group) is 1. The molecule has 0 unspecified atom stereocenters. The second-order valence-corrected chi connectivity index (χ2v) is 11.0. The van der Waals surface area contributed by atoms with Gasteiger partial charge in [-0.15, -0.1) is 0 Å². The molecule has 1 fully saturated rings. The second kappa shape index (κ2) is 11.3. The molecule has 1 saturated heterocycles. The number of aryl methyl sites for hydroxylation is 3. The van der Waals surface area contributed by atoms with Crippen LogP contribution in [0.3, 0.4) is 0 Å². The zero-order valence-electron chi connectivity index (χ0n) is 24.1. The van der Waals surface area contributed by atoms with Gasteiger partial charge >= 0.3 is 0 Å². The summed E-state index contributed by atoms with van der Waals surface area (Å²) in [7, 11) is 4.11. The molecule has 0 amide bonds. The summed E-state index contributed by atoms with van der Waals surface area (Å²) < 4.78 is 13.5. The number of hydrogen-bond donors (Lipinski definition) is 0. The standard InChI is InChI=1S/C33H35N5O3/c1-22-5-8-28(41-33-31-29(9-11-37(31)4)34-32(35-33)26-10-16-40-21-26)18-27(22)19-30(39)24-6-7-25(23(2)17-24)20-38-14-12-36(3)13-15-38/h5-11,16-18,21H,12-15,19-20H2,1-4H3. The Kier molecular flexibility index (Phi) is 7.43. The van der Waals surface area contributed by atoms with Gasteiger partial charge in [0.15, 0.2) is 11.6 Å². The van der Waals surface area contributed by atoms with Crippen LogP contribution >= 0.6 is 0 Å². The van der Waals surface area contributed by atoms with Gasteiger partial charge < -0.3 is 18.6 Å². The van der Waals surface area contributed by atoms with Crippen molar-refractivity contribution in [2.24, 2.45) is 7.05 Å². The van der Waals surface area contributed by atoms with Crippen molar-refractivity contribution in [3.05, 3.63) is 95.1 Å². The highest BCUT2D eigenvalue weighted by Gasteiger charge is 2.18. The van der Waals surface area contributed by atoms with E-state index in [4.69, 9.17) is 14.1 Å². The summed E-state index contributed by atoms with van der Waals surface area (Å²) in [6, 6.07) is 15.7. The molecule has 8 nitrogen and oxygen atoms in total. The molecule has 0 N–H and O–H groups in total.